The van der Waals surface area contributed by atoms with E-state index < -0.39 is 17.3 Å². The molecule has 1 spiro atoms. The van der Waals surface area contributed by atoms with Crippen LogP contribution in [0.5, 0.6) is 0 Å². The Morgan fingerprint density at radius 3 is 2.64 bits per heavy atom. The van der Waals surface area contributed by atoms with Gasteiger partial charge in [0.15, 0.2) is 5.82 Å². The molecular weight excluding hydrogens is 542 g/mol. The molecule has 13 nitrogen and oxygen atoms in total. The number of ketones is 1. The van der Waals surface area contributed by atoms with Crippen molar-refractivity contribution >= 4 is 47.1 Å². The average Bonchev–Trinajstić information content (AvgIpc) is 3.23. The predicted octanol–water partition coefficient (Wildman–Crippen LogP) is 2.29. The summed E-state index contributed by atoms with van der Waals surface area (Å²) in [7, 11) is 4.73. The highest BCUT2D eigenvalue weighted by Crippen LogP contribution is 2.67. The summed E-state index contributed by atoms with van der Waals surface area (Å²) in [5, 5.41) is 5.33. The molecular formula is C29H29N7O6. The van der Waals surface area contributed by atoms with Gasteiger partial charge in [-0.05, 0) is 31.4 Å². The van der Waals surface area contributed by atoms with Crippen molar-refractivity contribution in [3.63, 3.8) is 0 Å². The summed E-state index contributed by atoms with van der Waals surface area (Å²) in [5.41, 5.74) is 3.16. The minimum absolute atomic E-state index is 0.0979. The fourth-order valence-electron chi connectivity index (χ4n) is 6.25. The molecule has 1 saturated carbocycles. The van der Waals surface area contributed by atoms with E-state index in [1.807, 2.05) is 0 Å². The van der Waals surface area contributed by atoms with E-state index in [1.54, 1.807) is 48.8 Å². The lowest BCUT2D eigenvalue weighted by atomic mass is 9.82. The molecule has 13 heteroatoms. The van der Waals surface area contributed by atoms with Gasteiger partial charge in [-0.1, -0.05) is 0 Å². The molecule has 2 aliphatic carbocycles. The van der Waals surface area contributed by atoms with Crippen LogP contribution in [0, 0.1) is 12.8 Å². The van der Waals surface area contributed by atoms with E-state index in [1.165, 1.54) is 36.9 Å². The Morgan fingerprint density at radius 2 is 1.93 bits per heavy atom. The van der Waals surface area contributed by atoms with Gasteiger partial charge in [-0.2, -0.15) is 0 Å². The molecule has 1 saturated heterocycles. The lowest BCUT2D eigenvalue weighted by Crippen LogP contribution is -2.33. The molecule has 3 aromatic rings. The number of fused-ring (bicyclic) bond motifs is 1. The van der Waals surface area contributed by atoms with Crippen molar-refractivity contribution in [1.29, 1.82) is 0 Å². The first-order chi connectivity index (χ1) is 19.9. The molecule has 0 unspecified atom stereocenters. The van der Waals surface area contributed by atoms with E-state index in [9.17, 15) is 24.0 Å². The topological polar surface area (TPSA) is 160 Å². The van der Waals surface area contributed by atoms with Gasteiger partial charge >= 0.3 is 5.97 Å². The van der Waals surface area contributed by atoms with Crippen LogP contribution in [-0.2, 0) is 33.8 Å². The van der Waals surface area contributed by atoms with Gasteiger partial charge in [-0.3, -0.25) is 19.2 Å². The number of nitrogens with one attached hydrogen (secondary N) is 3. The Hall–Kier alpha value is -5.20. The number of amides is 3. The fourth-order valence-corrected chi connectivity index (χ4v) is 6.25. The molecule has 3 aliphatic rings. The Labute approximate surface area is 240 Å². The number of piperidine rings is 1. The number of carbonyl (C=O) groups is 5. The zero-order valence-corrected chi connectivity index (χ0v) is 23.7. The van der Waals surface area contributed by atoms with E-state index in [0.29, 0.717) is 46.1 Å². The fraction of sp³-hybridized carbons (Fsp3) is 0.310. The van der Waals surface area contributed by atoms with Gasteiger partial charge in [0.05, 0.1) is 24.1 Å². The maximum atomic E-state index is 13.4. The van der Waals surface area contributed by atoms with Crippen LogP contribution >= 0.6 is 0 Å². The van der Waals surface area contributed by atoms with Crippen molar-refractivity contribution < 1.29 is 28.7 Å². The summed E-state index contributed by atoms with van der Waals surface area (Å²) in [6.45, 7) is 3.53. The first-order valence-corrected chi connectivity index (χ1v) is 13.3. The van der Waals surface area contributed by atoms with Crippen LogP contribution in [0.3, 0.4) is 0 Å². The second-order valence-corrected chi connectivity index (χ2v) is 10.9. The third-order valence-electron chi connectivity index (χ3n) is 8.14. The highest BCUT2D eigenvalue weighted by Gasteiger charge is 2.68. The van der Waals surface area contributed by atoms with Crippen LogP contribution < -0.4 is 10.6 Å². The molecule has 4 heterocycles. The van der Waals surface area contributed by atoms with Crippen LogP contribution in [0.4, 0.5) is 11.5 Å². The largest absolute Gasteiger partial charge is 0.465 e. The highest BCUT2D eigenvalue weighted by atomic mass is 16.5. The lowest BCUT2D eigenvalue weighted by molar-refractivity contribution is -0.124. The van der Waals surface area contributed by atoms with Gasteiger partial charge in [0.25, 0.3) is 11.8 Å². The van der Waals surface area contributed by atoms with Crippen molar-refractivity contribution in [2.45, 2.75) is 25.7 Å². The molecule has 42 heavy (non-hydrogen) atoms. The number of methoxy groups -OCH3 is 1. The molecule has 0 bridgehead atoms. The van der Waals surface area contributed by atoms with Gasteiger partial charge in [0, 0.05) is 80.2 Å². The average molecular weight is 572 g/mol. The van der Waals surface area contributed by atoms with Gasteiger partial charge in [-0.15, -0.1) is 0 Å². The van der Waals surface area contributed by atoms with Crippen molar-refractivity contribution in [2.24, 2.45) is 20.0 Å². The molecule has 1 aliphatic heterocycles. The molecule has 216 valence electrons. The van der Waals surface area contributed by atoms with E-state index in [4.69, 9.17) is 4.74 Å². The number of rotatable bonds is 6. The quantitative estimate of drug-likeness (QED) is 0.302. The third kappa shape index (κ3) is 4.07. The zero-order chi connectivity index (χ0) is 30.1. The monoisotopic (exact) mass is 571 g/mol. The Kier molecular flexibility index (Phi) is 6.06. The van der Waals surface area contributed by atoms with Crippen molar-refractivity contribution in [3.05, 3.63) is 70.3 Å². The SMILES string of the molecule is COC(=O)c1c(C)[nH]c2c1[C@@]13C[C@@H]1CN(C(=O)/C=C/c1cc(NC(=O)c4nc(NC(C)=O)cn4C)cn1C)C3=CC2=O. The number of ether oxygens (including phenoxy) is 1. The van der Waals surface area contributed by atoms with E-state index >= 15 is 0 Å². The van der Waals surface area contributed by atoms with Gasteiger partial charge in [-0.25, -0.2) is 9.78 Å². The first-order valence-electron chi connectivity index (χ1n) is 13.3. The number of aryl methyl sites for hydroxylation is 3. The van der Waals surface area contributed by atoms with Crippen LogP contribution in [0.15, 0.2) is 36.3 Å². The number of esters is 1. The van der Waals surface area contributed by atoms with Gasteiger partial charge in [0.2, 0.25) is 17.5 Å². The molecule has 3 amide bonds. The summed E-state index contributed by atoms with van der Waals surface area (Å²) >= 11 is 0. The minimum Gasteiger partial charge on any atom is -0.465 e. The molecule has 0 aromatic carbocycles. The zero-order valence-electron chi connectivity index (χ0n) is 23.7. The number of aromatic nitrogens is 4. The lowest BCUT2D eigenvalue weighted by Gasteiger charge is -2.27. The number of nitrogens with zero attached hydrogens (tertiary/aromatic N) is 4. The summed E-state index contributed by atoms with van der Waals surface area (Å²) in [4.78, 5) is 72.0. The molecule has 6 rings (SSSR count). The molecule has 3 N–H and O–H groups in total. The normalized spacial score (nSPS) is 20.1. The Morgan fingerprint density at radius 1 is 1.17 bits per heavy atom. The van der Waals surface area contributed by atoms with Crippen LogP contribution in [0.25, 0.3) is 6.08 Å². The predicted molar refractivity (Wildman–Crippen MR) is 151 cm³/mol. The number of anilines is 2. The Bertz CT molecular complexity index is 1790. The minimum atomic E-state index is -0.561. The second kappa shape index (κ2) is 9.43. The van der Waals surface area contributed by atoms with Crippen LogP contribution in [0.1, 0.15) is 61.8 Å². The van der Waals surface area contributed by atoms with E-state index in [0.717, 1.165) is 6.42 Å². The summed E-state index contributed by atoms with van der Waals surface area (Å²) in [6.07, 6.45) is 8.56. The van der Waals surface area contributed by atoms with Crippen LogP contribution in [0.2, 0.25) is 0 Å². The van der Waals surface area contributed by atoms with Gasteiger partial charge in [0.1, 0.15) is 0 Å². The smallest absolute Gasteiger partial charge is 0.340 e. The second-order valence-electron chi connectivity index (χ2n) is 10.9. The van der Waals surface area contributed by atoms with Gasteiger partial charge < -0.3 is 34.4 Å². The molecule has 2 fully saturated rings. The number of H-pyrrole nitrogens is 1. The number of carbonyl (C=O) groups excluding carboxylic acids is 5. The van der Waals surface area contributed by atoms with E-state index in [-0.39, 0.29) is 35.2 Å². The van der Waals surface area contributed by atoms with Crippen molar-refractivity contribution in [3.8, 4) is 0 Å². The number of imidazole rings is 1. The molecule has 0 radical (unpaired) electrons. The summed E-state index contributed by atoms with van der Waals surface area (Å²) in [6, 6.07) is 1.71. The first kappa shape index (κ1) is 27.0. The highest BCUT2D eigenvalue weighted by molar-refractivity contribution is 6.11. The standard InChI is InChI=1S/C29H29N7O6/c1-14-23(28(41)42-5)24-25(30-14)19(38)9-20-29(24)10-16(29)11-36(20)22(39)7-6-18-8-17(12-34(18)3)32-27(40)26-33-21(13-35(26)4)31-15(2)37/h6-9,12-13,16,30H,10-11H2,1-5H3,(H,31,37)(H,32,40)/b7-6+/t16-,29+/m1/s1. The maximum Gasteiger partial charge on any atom is 0.340 e. The maximum absolute atomic E-state index is 13.4. The summed E-state index contributed by atoms with van der Waals surface area (Å²) in [5.74, 6) is -1.36. The number of allylic oxidation sites excluding steroid dienone is 2. The molecule has 2 atom stereocenters. The third-order valence-corrected chi connectivity index (χ3v) is 8.14. The number of hydrogen-bond acceptors (Lipinski definition) is 7. The molecule has 3 aromatic heterocycles. The number of likely N-dealkylation sites (tertiary alicyclic amines) is 1. The summed E-state index contributed by atoms with van der Waals surface area (Å²) < 4.78 is 8.27. The van der Waals surface area contributed by atoms with E-state index in [2.05, 4.69) is 20.6 Å². The van der Waals surface area contributed by atoms with Crippen molar-refractivity contribution in [1.82, 2.24) is 24.0 Å². The van der Waals surface area contributed by atoms with Crippen molar-refractivity contribution in [2.75, 3.05) is 24.3 Å². The number of hydrogen-bond donors (Lipinski definition) is 3. The number of aromatic amines is 1. The van der Waals surface area contributed by atoms with Crippen LogP contribution in [-0.4, -0.2) is 67.1 Å². The Balaban J connectivity index is 1.19.